The van der Waals surface area contributed by atoms with Gasteiger partial charge in [0.25, 0.3) is 0 Å². The van der Waals surface area contributed by atoms with Crippen molar-refractivity contribution in [3.8, 4) is 10.4 Å². The maximum absolute atomic E-state index is 3.28. The van der Waals surface area contributed by atoms with Gasteiger partial charge in [-0.15, -0.1) is 11.3 Å². The lowest BCUT2D eigenvalue weighted by Crippen LogP contribution is -2.10. The molecular weight excluding hydrogens is 226 g/mol. The van der Waals surface area contributed by atoms with Crippen molar-refractivity contribution in [2.75, 3.05) is 7.05 Å². The highest BCUT2D eigenvalue weighted by Crippen LogP contribution is 2.33. The molecule has 0 fully saturated rings. The van der Waals surface area contributed by atoms with E-state index in [1.807, 2.05) is 18.4 Å². The topological polar surface area (TPSA) is 12.0 Å². The van der Waals surface area contributed by atoms with Gasteiger partial charge in [0, 0.05) is 15.8 Å². The van der Waals surface area contributed by atoms with Crippen LogP contribution in [0.5, 0.6) is 0 Å². The van der Waals surface area contributed by atoms with Crippen molar-refractivity contribution in [3.05, 3.63) is 46.3 Å². The molecule has 0 saturated carbocycles. The van der Waals surface area contributed by atoms with Crippen LogP contribution in [0.25, 0.3) is 10.4 Å². The smallest absolute Gasteiger partial charge is 0.0383 e. The van der Waals surface area contributed by atoms with Crippen LogP contribution in [-0.2, 0) is 0 Å². The summed E-state index contributed by atoms with van der Waals surface area (Å²) in [5, 5.41) is 3.28. The molecule has 0 aliphatic rings. The number of thiophene rings is 1. The molecule has 1 atom stereocenters. The monoisotopic (exact) mass is 245 g/mol. The van der Waals surface area contributed by atoms with Gasteiger partial charge in [-0.05, 0) is 56.6 Å². The molecule has 0 aliphatic carbocycles. The summed E-state index contributed by atoms with van der Waals surface area (Å²) in [5.74, 6) is 0. The minimum absolute atomic E-state index is 0.430. The Morgan fingerprint density at radius 1 is 1.12 bits per heavy atom. The highest BCUT2D eigenvalue weighted by atomic mass is 32.1. The zero-order valence-electron chi connectivity index (χ0n) is 10.9. The summed E-state index contributed by atoms with van der Waals surface area (Å²) in [5.41, 5.74) is 4.11. The molecule has 2 heteroatoms. The van der Waals surface area contributed by atoms with E-state index in [-0.39, 0.29) is 0 Å². The molecule has 1 N–H and O–H groups in total. The Kier molecular flexibility index (Phi) is 3.65. The van der Waals surface area contributed by atoms with Gasteiger partial charge in [-0.2, -0.15) is 0 Å². The number of hydrogen-bond donors (Lipinski definition) is 1. The van der Waals surface area contributed by atoms with Gasteiger partial charge in [-0.25, -0.2) is 0 Å². The third-order valence-corrected chi connectivity index (χ3v) is 4.66. The predicted molar refractivity (Wildman–Crippen MR) is 76.7 cm³/mol. The number of nitrogens with one attached hydrogen (secondary N) is 1. The standard InChI is InChI=1S/C15H19NS/c1-10-6-5-7-13(11(10)2)15-9-8-14(17-15)12(3)16-4/h5-9,12,16H,1-4H3. The second-order valence-corrected chi connectivity index (χ2v) is 5.58. The normalized spacial score (nSPS) is 12.7. The largest absolute Gasteiger partial charge is 0.313 e. The molecule has 0 saturated heterocycles. The van der Waals surface area contributed by atoms with E-state index in [0.717, 1.165) is 0 Å². The van der Waals surface area contributed by atoms with Gasteiger partial charge >= 0.3 is 0 Å². The summed E-state index contributed by atoms with van der Waals surface area (Å²) >= 11 is 1.88. The molecule has 90 valence electrons. The highest BCUT2D eigenvalue weighted by molar-refractivity contribution is 7.15. The van der Waals surface area contributed by atoms with Crippen LogP contribution in [-0.4, -0.2) is 7.05 Å². The number of rotatable bonds is 3. The van der Waals surface area contributed by atoms with Crippen LogP contribution < -0.4 is 5.32 Å². The Bertz CT molecular complexity index is 513. The first-order valence-corrected chi connectivity index (χ1v) is 6.78. The van der Waals surface area contributed by atoms with Gasteiger partial charge in [0.15, 0.2) is 0 Å². The van der Waals surface area contributed by atoms with Crippen molar-refractivity contribution >= 4 is 11.3 Å². The van der Waals surface area contributed by atoms with E-state index in [9.17, 15) is 0 Å². The third kappa shape index (κ3) is 2.43. The molecule has 17 heavy (non-hydrogen) atoms. The maximum Gasteiger partial charge on any atom is 0.0383 e. The zero-order chi connectivity index (χ0) is 12.4. The number of hydrogen-bond acceptors (Lipinski definition) is 2. The summed E-state index contributed by atoms with van der Waals surface area (Å²) < 4.78 is 0. The zero-order valence-corrected chi connectivity index (χ0v) is 11.7. The quantitative estimate of drug-likeness (QED) is 0.849. The summed E-state index contributed by atoms with van der Waals surface area (Å²) in [7, 11) is 2.00. The molecule has 1 heterocycles. The fourth-order valence-electron chi connectivity index (χ4n) is 1.89. The van der Waals surface area contributed by atoms with Gasteiger partial charge in [0.2, 0.25) is 0 Å². The average Bonchev–Trinajstić information content (AvgIpc) is 2.81. The first-order valence-electron chi connectivity index (χ1n) is 5.97. The van der Waals surface area contributed by atoms with E-state index < -0.39 is 0 Å². The van der Waals surface area contributed by atoms with Crippen LogP contribution >= 0.6 is 11.3 Å². The van der Waals surface area contributed by atoms with Crippen molar-refractivity contribution in [2.45, 2.75) is 26.8 Å². The average molecular weight is 245 g/mol. The summed E-state index contributed by atoms with van der Waals surface area (Å²) in [6.07, 6.45) is 0. The molecule has 1 nitrogen and oxygen atoms in total. The second kappa shape index (κ2) is 5.03. The van der Waals surface area contributed by atoms with Gasteiger partial charge in [-0.1, -0.05) is 18.2 Å². The molecule has 2 aromatic rings. The van der Waals surface area contributed by atoms with Crippen LogP contribution in [0.15, 0.2) is 30.3 Å². The molecule has 1 aromatic heterocycles. The molecule has 0 bridgehead atoms. The number of aryl methyl sites for hydroxylation is 1. The van der Waals surface area contributed by atoms with Crippen molar-refractivity contribution in [1.29, 1.82) is 0 Å². The van der Waals surface area contributed by atoms with Crippen LogP contribution in [0.4, 0.5) is 0 Å². The lowest BCUT2D eigenvalue weighted by atomic mass is 10.0. The van der Waals surface area contributed by atoms with Crippen molar-refractivity contribution in [1.82, 2.24) is 5.32 Å². The van der Waals surface area contributed by atoms with E-state index in [2.05, 4.69) is 56.4 Å². The van der Waals surface area contributed by atoms with Gasteiger partial charge in [0.05, 0.1) is 0 Å². The Morgan fingerprint density at radius 3 is 2.59 bits per heavy atom. The van der Waals surface area contributed by atoms with E-state index in [4.69, 9.17) is 0 Å². The van der Waals surface area contributed by atoms with E-state index in [0.29, 0.717) is 6.04 Å². The van der Waals surface area contributed by atoms with Gasteiger partial charge in [0.1, 0.15) is 0 Å². The summed E-state index contributed by atoms with van der Waals surface area (Å²) in [4.78, 5) is 2.76. The fourth-order valence-corrected chi connectivity index (χ4v) is 3.04. The Hall–Kier alpha value is -1.12. The molecular formula is C15H19NS. The first-order chi connectivity index (χ1) is 8.13. The van der Waals surface area contributed by atoms with Gasteiger partial charge < -0.3 is 5.32 Å². The fraction of sp³-hybridized carbons (Fsp3) is 0.333. The van der Waals surface area contributed by atoms with Crippen LogP contribution in [0, 0.1) is 13.8 Å². The second-order valence-electron chi connectivity index (χ2n) is 4.46. The van der Waals surface area contributed by atoms with Crippen molar-refractivity contribution in [3.63, 3.8) is 0 Å². The molecule has 0 amide bonds. The first kappa shape index (κ1) is 12.3. The highest BCUT2D eigenvalue weighted by Gasteiger charge is 2.09. The molecule has 1 unspecified atom stereocenters. The Balaban J connectivity index is 2.40. The summed E-state index contributed by atoms with van der Waals surface area (Å²) in [6, 6.07) is 11.4. The minimum atomic E-state index is 0.430. The Labute approximate surface area is 108 Å². The summed E-state index contributed by atoms with van der Waals surface area (Å²) in [6.45, 7) is 6.56. The van der Waals surface area contributed by atoms with Crippen LogP contribution in [0.1, 0.15) is 29.0 Å². The minimum Gasteiger partial charge on any atom is -0.313 e. The van der Waals surface area contributed by atoms with Crippen LogP contribution in [0.2, 0.25) is 0 Å². The lowest BCUT2D eigenvalue weighted by molar-refractivity contribution is 0.664. The predicted octanol–water partition coefficient (Wildman–Crippen LogP) is 4.31. The van der Waals surface area contributed by atoms with E-state index in [1.165, 1.54) is 26.4 Å². The van der Waals surface area contributed by atoms with Crippen LogP contribution in [0.3, 0.4) is 0 Å². The SMILES string of the molecule is CNC(C)c1ccc(-c2cccc(C)c2C)s1. The Morgan fingerprint density at radius 2 is 1.88 bits per heavy atom. The molecule has 0 radical (unpaired) electrons. The molecule has 1 aromatic carbocycles. The third-order valence-electron chi connectivity index (χ3n) is 3.36. The maximum atomic E-state index is 3.28. The van der Waals surface area contributed by atoms with E-state index in [1.54, 1.807) is 0 Å². The van der Waals surface area contributed by atoms with Crippen molar-refractivity contribution < 1.29 is 0 Å². The molecule has 0 aliphatic heterocycles. The lowest BCUT2D eigenvalue weighted by Gasteiger charge is -2.07. The van der Waals surface area contributed by atoms with Gasteiger partial charge in [-0.3, -0.25) is 0 Å². The number of benzene rings is 1. The molecule has 0 spiro atoms. The van der Waals surface area contributed by atoms with Crippen molar-refractivity contribution in [2.24, 2.45) is 0 Å². The van der Waals surface area contributed by atoms with E-state index >= 15 is 0 Å². The molecule has 2 rings (SSSR count).